The van der Waals surface area contributed by atoms with E-state index in [1.54, 1.807) is 19.9 Å². The number of rotatable bonds is 5. The van der Waals surface area contributed by atoms with E-state index in [1.165, 1.54) is 7.11 Å². The number of aliphatic hydroxyl groups excluding tert-OH is 1. The maximum atomic E-state index is 11.4. The Hall–Kier alpha value is -1.69. The van der Waals surface area contributed by atoms with Crippen LogP contribution in [0.3, 0.4) is 0 Å². The molecule has 18 heavy (non-hydrogen) atoms. The van der Waals surface area contributed by atoms with Crippen LogP contribution in [0.4, 0.5) is 5.82 Å². The van der Waals surface area contributed by atoms with E-state index in [2.05, 4.69) is 14.7 Å². The van der Waals surface area contributed by atoms with Crippen LogP contribution in [0.5, 0.6) is 0 Å². The van der Waals surface area contributed by atoms with Crippen LogP contribution in [0.25, 0.3) is 0 Å². The van der Waals surface area contributed by atoms with Crippen molar-refractivity contribution in [2.75, 3.05) is 25.6 Å². The largest absolute Gasteiger partial charge is 0.463 e. The third-order valence-electron chi connectivity index (χ3n) is 2.48. The zero-order chi connectivity index (χ0) is 13.7. The van der Waals surface area contributed by atoms with Crippen LogP contribution < -0.4 is 4.90 Å². The SMILES string of the molecule is COC(=O)c1nc(C)cc(N(C)CCC(C)O)n1. The highest BCUT2D eigenvalue weighted by molar-refractivity contribution is 5.85. The van der Waals surface area contributed by atoms with E-state index in [0.717, 1.165) is 0 Å². The summed E-state index contributed by atoms with van der Waals surface area (Å²) in [5.41, 5.74) is 0.698. The van der Waals surface area contributed by atoms with Gasteiger partial charge in [-0.25, -0.2) is 14.8 Å². The highest BCUT2D eigenvalue weighted by Gasteiger charge is 2.13. The van der Waals surface area contributed by atoms with E-state index in [-0.39, 0.29) is 11.9 Å². The average molecular weight is 253 g/mol. The van der Waals surface area contributed by atoms with E-state index >= 15 is 0 Å². The van der Waals surface area contributed by atoms with Crippen LogP contribution in [0.2, 0.25) is 0 Å². The summed E-state index contributed by atoms with van der Waals surface area (Å²) in [6.45, 7) is 4.17. The summed E-state index contributed by atoms with van der Waals surface area (Å²) < 4.78 is 4.60. The minimum atomic E-state index is -0.552. The number of hydrogen-bond acceptors (Lipinski definition) is 6. The minimum Gasteiger partial charge on any atom is -0.463 e. The second kappa shape index (κ2) is 6.30. The van der Waals surface area contributed by atoms with Crippen molar-refractivity contribution in [3.8, 4) is 0 Å². The molecule has 0 saturated heterocycles. The Kier molecular flexibility index (Phi) is 5.03. The first-order valence-electron chi connectivity index (χ1n) is 5.77. The highest BCUT2D eigenvalue weighted by Crippen LogP contribution is 2.12. The van der Waals surface area contributed by atoms with Crippen molar-refractivity contribution in [3.63, 3.8) is 0 Å². The summed E-state index contributed by atoms with van der Waals surface area (Å²) in [5.74, 6) is 0.142. The first-order valence-corrected chi connectivity index (χ1v) is 5.77. The summed E-state index contributed by atoms with van der Waals surface area (Å²) in [6.07, 6.45) is 0.267. The molecule has 6 heteroatoms. The first-order chi connectivity index (χ1) is 8.43. The third-order valence-corrected chi connectivity index (χ3v) is 2.48. The van der Waals surface area contributed by atoms with Gasteiger partial charge in [-0.05, 0) is 20.3 Å². The van der Waals surface area contributed by atoms with Crippen LogP contribution in [-0.2, 0) is 4.74 Å². The van der Waals surface area contributed by atoms with Gasteiger partial charge in [-0.2, -0.15) is 0 Å². The summed E-state index contributed by atoms with van der Waals surface area (Å²) in [6, 6.07) is 1.79. The van der Waals surface area contributed by atoms with Gasteiger partial charge in [-0.1, -0.05) is 0 Å². The smallest absolute Gasteiger partial charge is 0.376 e. The zero-order valence-corrected chi connectivity index (χ0v) is 11.2. The molecule has 0 bridgehead atoms. The normalized spacial score (nSPS) is 12.1. The maximum absolute atomic E-state index is 11.4. The summed E-state index contributed by atoms with van der Waals surface area (Å²) in [4.78, 5) is 21.4. The van der Waals surface area contributed by atoms with Crippen molar-refractivity contribution in [1.82, 2.24) is 9.97 Å². The lowest BCUT2D eigenvalue weighted by Gasteiger charge is -2.19. The fourth-order valence-electron chi connectivity index (χ4n) is 1.43. The van der Waals surface area contributed by atoms with Crippen molar-refractivity contribution in [2.45, 2.75) is 26.4 Å². The Labute approximate surface area is 107 Å². The van der Waals surface area contributed by atoms with Gasteiger partial charge in [-0.3, -0.25) is 0 Å². The van der Waals surface area contributed by atoms with Crippen LogP contribution in [0.15, 0.2) is 6.07 Å². The molecule has 0 fully saturated rings. The lowest BCUT2D eigenvalue weighted by molar-refractivity contribution is 0.0586. The molecule has 0 aliphatic rings. The molecule has 0 amide bonds. The molecule has 0 aliphatic carbocycles. The predicted octanol–water partition coefficient (Wildman–Crippen LogP) is 0.779. The molecule has 0 aliphatic heterocycles. The van der Waals surface area contributed by atoms with Crippen molar-refractivity contribution < 1.29 is 14.6 Å². The Morgan fingerprint density at radius 3 is 2.78 bits per heavy atom. The molecule has 0 radical (unpaired) electrons. The molecule has 1 rings (SSSR count). The number of esters is 1. The van der Waals surface area contributed by atoms with Crippen molar-refractivity contribution >= 4 is 11.8 Å². The molecule has 0 aromatic carbocycles. The molecule has 1 unspecified atom stereocenters. The third kappa shape index (κ3) is 3.96. The fourth-order valence-corrected chi connectivity index (χ4v) is 1.43. The standard InChI is InChI=1S/C12H19N3O3/c1-8-7-10(15(3)6-5-9(2)16)14-11(13-8)12(17)18-4/h7,9,16H,5-6H2,1-4H3. The molecule has 1 aromatic rings. The molecule has 100 valence electrons. The molecular weight excluding hydrogens is 234 g/mol. The Bertz CT molecular complexity index is 421. The number of aryl methyl sites for hydroxylation is 1. The van der Waals surface area contributed by atoms with Crippen molar-refractivity contribution in [1.29, 1.82) is 0 Å². The molecular formula is C12H19N3O3. The number of methoxy groups -OCH3 is 1. The van der Waals surface area contributed by atoms with Crippen LogP contribution in [-0.4, -0.2) is 47.8 Å². The first kappa shape index (κ1) is 14.4. The predicted molar refractivity (Wildman–Crippen MR) is 67.7 cm³/mol. The highest BCUT2D eigenvalue weighted by atomic mass is 16.5. The topological polar surface area (TPSA) is 75.5 Å². The molecule has 0 saturated carbocycles. The van der Waals surface area contributed by atoms with Gasteiger partial charge in [-0.15, -0.1) is 0 Å². The quantitative estimate of drug-likeness (QED) is 0.781. The van der Waals surface area contributed by atoms with Crippen LogP contribution >= 0.6 is 0 Å². The van der Waals surface area contributed by atoms with Gasteiger partial charge >= 0.3 is 5.97 Å². The van der Waals surface area contributed by atoms with Crippen LogP contribution in [0.1, 0.15) is 29.7 Å². The van der Waals surface area contributed by atoms with E-state index < -0.39 is 5.97 Å². The van der Waals surface area contributed by atoms with Gasteiger partial charge in [0.25, 0.3) is 0 Å². The zero-order valence-electron chi connectivity index (χ0n) is 11.2. The number of anilines is 1. The average Bonchev–Trinajstić information content (AvgIpc) is 2.34. The Balaban J connectivity index is 2.88. The van der Waals surface area contributed by atoms with Gasteiger partial charge in [0.1, 0.15) is 5.82 Å². The lowest BCUT2D eigenvalue weighted by atomic mass is 10.2. The number of nitrogens with zero attached hydrogens (tertiary/aromatic N) is 3. The van der Waals surface area contributed by atoms with Gasteiger partial charge in [0.2, 0.25) is 5.82 Å². The molecule has 1 atom stereocenters. The van der Waals surface area contributed by atoms with Gasteiger partial charge in [0.05, 0.1) is 13.2 Å². The van der Waals surface area contributed by atoms with E-state index in [4.69, 9.17) is 0 Å². The van der Waals surface area contributed by atoms with E-state index in [9.17, 15) is 9.90 Å². The molecule has 1 N–H and O–H groups in total. The van der Waals surface area contributed by atoms with E-state index in [0.29, 0.717) is 24.5 Å². The maximum Gasteiger partial charge on any atom is 0.376 e. The molecule has 1 heterocycles. The fraction of sp³-hybridized carbons (Fsp3) is 0.583. The van der Waals surface area contributed by atoms with Crippen molar-refractivity contribution in [3.05, 3.63) is 17.6 Å². The van der Waals surface area contributed by atoms with Gasteiger partial charge in [0.15, 0.2) is 0 Å². The summed E-state index contributed by atoms with van der Waals surface area (Å²) in [7, 11) is 3.15. The molecule has 1 aromatic heterocycles. The van der Waals surface area contributed by atoms with Crippen LogP contribution in [0, 0.1) is 6.92 Å². The Morgan fingerprint density at radius 2 is 2.22 bits per heavy atom. The number of hydrogen-bond donors (Lipinski definition) is 1. The number of aliphatic hydroxyl groups is 1. The lowest BCUT2D eigenvalue weighted by Crippen LogP contribution is -2.24. The van der Waals surface area contributed by atoms with Gasteiger partial charge in [0, 0.05) is 25.4 Å². The number of aromatic nitrogens is 2. The minimum absolute atomic E-state index is 0.0522. The number of carbonyl (C=O) groups is 1. The van der Waals surface area contributed by atoms with Gasteiger partial charge < -0.3 is 14.7 Å². The number of carbonyl (C=O) groups excluding carboxylic acids is 1. The Morgan fingerprint density at radius 1 is 1.56 bits per heavy atom. The molecule has 6 nitrogen and oxygen atoms in total. The number of ether oxygens (including phenoxy) is 1. The molecule has 0 spiro atoms. The summed E-state index contributed by atoms with van der Waals surface area (Å²) >= 11 is 0. The van der Waals surface area contributed by atoms with Crippen molar-refractivity contribution in [2.24, 2.45) is 0 Å². The second-order valence-corrected chi connectivity index (χ2v) is 4.24. The monoisotopic (exact) mass is 253 g/mol. The summed E-state index contributed by atoms with van der Waals surface area (Å²) in [5, 5.41) is 9.25. The second-order valence-electron chi connectivity index (χ2n) is 4.24. The van der Waals surface area contributed by atoms with E-state index in [1.807, 2.05) is 11.9 Å².